The Bertz CT molecular complexity index is 262. The van der Waals surface area contributed by atoms with Gasteiger partial charge in [0.25, 0.3) is 8.32 Å². The van der Waals surface area contributed by atoms with Crippen molar-refractivity contribution in [3.63, 3.8) is 0 Å². The topological polar surface area (TPSA) is 26.3 Å². The normalized spacial score (nSPS) is 13.1. The Labute approximate surface area is 108 Å². The molecule has 0 N–H and O–H groups in total. The fourth-order valence-electron chi connectivity index (χ4n) is 1.13. The molecule has 0 aromatic heterocycles. The summed E-state index contributed by atoms with van der Waals surface area (Å²) in [6.07, 6.45) is 8.09. The predicted octanol–water partition coefficient (Wildman–Crippen LogP) is 4.67. The van der Waals surface area contributed by atoms with E-state index in [-0.39, 0.29) is 11.0 Å². The zero-order valence-corrected chi connectivity index (χ0v) is 13.3. The van der Waals surface area contributed by atoms with Gasteiger partial charge in [-0.3, -0.25) is 0 Å². The van der Waals surface area contributed by atoms with E-state index in [1.54, 1.807) is 6.08 Å². The highest BCUT2D eigenvalue weighted by Gasteiger charge is 2.39. The van der Waals surface area contributed by atoms with Crippen LogP contribution in [0.5, 0.6) is 0 Å². The van der Waals surface area contributed by atoms with E-state index in [2.05, 4.69) is 40.8 Å². The highest BCUT2D eigenvalue weighted by molar-refractivity contribution is 6.75. The Morgan fingerprint density at radius 3 is 2.29 bits per heavy atom. The van der Waals surface area contributed by atoms with Crippen molar-refractivity contribution in [3.8, 4) is 0 Å². The maximum absolute atomic E-state index is 11.7. The van der Waals surface area contributed by atoms with E-state index in [1.807, 2.05) is 6.08 Å². The van der Waals surface area contributed by atoms with E-state index >= 15 is 0 Å². The molecule has 0 unspecified atom stereocenters. The Balaban J connectivity index is 4.10. The third kappa shape index (κ3) is 6.67. The molecule has 0 aliphatic heterocycles. The van der Waals surface area contributed by atoms with Crippen molar-refractivity contribution in [2.45, 2.75) is 71.5 Å². The second-order valence-corrected chi connectivity index (χ2v) is 10.8. The van der Waals surface area contributed by atoms with Gasteiger partial charge in [0.05, 0.1) is 0 Å². The molecule has 0 aliphatic rings. The number of unbranched alkanes of at least 4 members (excludes halogenated alkanes) is 3. The molecule has 0 aromatic carbocycles. The Hall–Kier alpha value is -0.573. The van der Waals surface area contributed by atoms with Crippen LogP contribution in [-0.4, -0.2) is 14.3 Å². The molecule has 100 valence electrons. The summed E-state index contributed by atoms with van der Waals surface area (Å²) >= 11 is 0. The maximum Gasteiger partial charge on any atom is 0.317 e. The van der Waals surface area contributed by atoms with Gasteiger partial charge in [-0.2, -0.15) is 0 Å². The maximum atomic E-state index is 11.7. The molecular formula is C14H28O2Si. The van der Waals surface area contributed by atoms with Crippen molar-refractivity contribution >= 4 is 14.3 Å². The van der Waals surface area contributed by atoms with Gasteiger partial charge in [0.1, 0.15) is 0 Å². The second kappa shape index (κ2) is 6.99. The van der Waals surface area contributed by atoms with Gasteiger partial charge in [0.15, 0.2) is 0 Å². The van der Waals surface area contributed by atoms with E-state index in [0.717, 1.165) is 12.8 Å². The van der Waals surface area contributed by atoms with Crippen molar-refractivity contribution in [2.75, 3.05) is 0 Å². The van der Waals surface area contributed by atoms with Crippen LogP contribution in [0.15, 0.2) is 12.2 Å². The lowest BCUT2D eigenvalue weighted by molar-refractivity contribution is -0.130. The average Bonchev–Trinajstić information content (AvgIpc) is 2.14. The minimum Gasteiger partial charge on any atom is -0.516 e. The molecule has 0 heterocycles. The van der Waals surface area contributed by atoms with Gasteiger partial charge in [-0.05, 0) is 31.0 Å². The number of carbonyl (C=O) groups excluding carboxylic acids is 1. The van der Waals surface area contributed by atoms with Crippen LogP contribution in [0.3, 0.4) is 0 Å². The standard InChI is InChI=1S/C14H28O2Si/c1-7-8-9-10-11-12-13(15)16-17(5,6)14(2,3)4/h11-12H,7-10H2,1-6H3/b12-11+. The number of allylic oxidation sites excluding steroid dienone is 1. The first-order valence-electron chi connectivity index (χ1n) is 6.60. The van der Waals surface area contributed by atoms with Crippen LogP contribution in [-0.2, 0) is 9.22 Å². The van der Waals surface area contributed by atoms with Gasteiger partial charge >= 0.3 is 5.97 Å². The average molecular weight is 256 g/mol. The minimum atomic E-state index is -1.94. The van der Waals surface area contributed by atoms with Crippen molar-refractivity contribution in [1.29, 1.82) is 0 Å². The Morgan fingerprint density at radius 1 is 1.24 bits per heavy atom. The van der Waals surface area contributed by atoms with Gasteiger partial charge < -0.3 is 4.43 Å². The number of hydrogen-bond donors (Lipinski definition) is 0. The molecular weight excluding hydrogens is 228 g/mol. The van der Waals surface area contributed by atoms with Gasteiger partial charge in [-0.1, -0.05) is 46.6 Å². The van der Waals surface area contributed by atoms with Gasteiger partial charge in [-0.15, -0.1) is 0 Å². The summed E-state index contributed by atoms with van der Waals surface area (Å²) < 4.78 is 5.62. The summed E-state index contributed by atoms with van der Waals surface area (Å²) in [5.74, 6) is -0.173. The van der Waals surface area contributed by atoms with Crippen molar-refractivity contribution in [2.24, 2.45) is 0 Å². The summed E-state index contributed by atoms with van der Waals surface area (Å²) in [6.45, 7) is 12.8. The first-order valence-corrected chi connectivity index (χ1v) is 9.51. The van der Waals surface area contributed by atoms with Crippen LogP contribution in [0.2, 0.25) is 18.1 Å². The molecule has 0 bridgehead atoms. The van der Waals surface area contributed by atoms with Gasteiger partial charge in [0, 0.05) is 6.08 Å². The molecule has 0 spiro atoms. The highest BCUT2D eigenvalue weighted by atomic mass is 28.4. The van der Waals surface area contributed by atoms with Crippen LogP contribution in [0, 0.1) is 0 Å². The van der Waals surface area contributed by atoms with Crippen LogP contribution >= 0.6 is 0 Å². The fraction of sp³-hybridized carbons (Fsp3) is 0.786. The number of carbonyl (C=O) groups is 1. The Morgan fingerprint density at radius 2 is 1.82 bits per heavy atom. The minimum absolute atomic E-state index is 0.0821. The summed E-state index contributed by atoms with van der Waals surface area (Å²) in [6, 6.07) is 0. The lowest BCUT2D eigenvalue weighted by atomic mass is 10.2. The lowest BCUT2D eigenvalue weighted by Gasteiger charge is -2.34. The summed E-state index contributed by atoms with van der Waals surface area (Å²) in [5, 5.41) is 0.0821. The third-order valence-corrected chi connectivity index (χ3v) is 7.71. The van der Waals surface area contributed by atoms with E-state index in [9.17, 15) is 4.79 Å². The zero-order chi connectivity index (χ0) is 13.5. The van der Waals surface area contributed by atoms with E-state index in [0.29, 0.717) is 0 Å². The quantitative estimate of drug-likeness (QED) is 0.392. The van der Waals surface area contributed by atoms with Crippen molar-refractivity contribution in [3.05, 3.63) is 12.2 Å². The van der Waals surface area contributed by atoms with Crippen LogP contribution in [0.4, 0.5) is 0 Å². The predicted molar refractivity (Wildman–Crippen MR) is 76.6 cm³/mol. The molecule has 0 fully saturated rings. The molecule has 0 aliphatic carbocycles. The van der Waals surface area contributed by atoms with Crippen LogP contribution < -0.4 is 0 Å². The first kappa shape index (κ1) is 16.4. The summed E-state index contributed by atoms with van der Waals surface area (Å²) in [5.41, 5.74) is 0. The zero-order valence-electron chi connectivity index (χ0n) is 12.3. The molecule has 0 rings (SSSR count). The lowest BCUT2D eigenvalue weighted by Crippen LogP contribution is -2.42. The van der Waals surface area contributed by atoms with Crippen molar-refractivity contribution in [1.82, 2.24) is 0 Å². The molecule has 17 heavy (non-hydrogen) atoms. The second-order valence-electron chi connectivity index (χ2n) is 6.08. The first-order chi connectivity index (χ1) is 7.70. The fourth-order valence-corrected chi connectivity index (χ4v) is 2.01. The molecule has 3 heteroatoms. The van der Waals surface area contributed by atoms with E-state index in [1.165, 1.54) is 12.8 Å². The van der Waals surface area contributed by atoms with Crippen LogP contribution in [0.25, 0.3) is 0 Å². The smallest absolute Gasteiger partial charge is 0.317 e. The Kier molecular flexibility index (Phi) is 6.76. The largest absolute Gasteiger partial charge is 0.516 e. The third-order valence-electron chi connectivity index (χ3n) is 3.39. The molecule has 0 amide bonds. The van der Waals surface area contributed by atoms with Gasteiger partial charge in [0.2, 0.25) is 0 Å². The van der Waals surface area contributed by atoms with E-state index < -0.39 is 8.32 Å². The van der Waals surface area contributed by atoms with Crippen LogP contribution in [0.1, 0.15) is 53.4 Å². The summed E-state index contributed by atoms with van der Waals surface area (Å²) in [7, 11) is -1.94. The molecule has 0 aromatic rings. The monoisotopic (exact) mass is 256 g/mol. The molecule has 0 atom stereocenters. The SMILES string of the molecule is CCCCC/C=C/C(=O)O[Si](C)(C)C(C)(C)C. The van der Waals surface area contributed by atoms with Crippen molar-refractivity contribution < 1.29 is 9.22 Å². The highest BCUT2D eigenvalue weighted by Crippen LogP contribution is 2.36. The molecule has 0 radical (unpaired) electrons. The number of rotatable bonds is 6. The van der Waals surface area contributed by atoms with Gasteiger partial charge in [-0.25, -0.2) is 4.79 Å². The van der Waals surface area contributed by atoms with E-state index in [4.69, 9.17) is 4.43 Å². The number of hydrogen-bond acceptors (Lipinski definition) is 2. The molecule has 0 saturated carbocycles. The summed E-state index contributed by atoms with van der Waals surface area (Å²) in [4.78, 5) is 11.7. The molecule has 0 saturated heterocycles. The molecule has 2 nitrogen and oxygen atoms in total.